The lowest BCUT2D eigenvalue weighted by atomic mass is 10.1. The van der Waals surface area contributed by atoms with Crippen molar-refractivity contribution in [3.63, 3.8) is 0 Å². The molecule has 1 aromatic rings. The Balaban J connectivity index is 3.19. The molecule has 0 fully saturated rings. The summed E-state index contributed by atoms with van der Waals surface area (Å²) in [7, 11) is 0. The number of oxime groups is 1. The second-order valence-electron chi connectivity index (χ2n) is 4.85. The van der Waals surface area contributed by atoms with Gasteiger partial charge in [0.1, 0.15) is 0 Å². The van der Waals surface area contributed by atoms with Crippen molar-refractivity contribution in [3.8, 4) is 0 Å². The van der Waals surface area contributed by atoms with Crippen LogP contribution in [-0.2, 0) is 0 Å². The van der Waals surface area contributed by atoms with Crippen LogP contribution in [0.25, 0.3) is 0 Å². The largest absolute Gasteiger partial charge is 0.409 e. The van der Waals surface area contributed by atoms with Crippen LogP contribution >= 0.6 is 0 Å². The van der Waals surface area contributed by atoms with Gasteiger partial charge in [-0.25, -0.2) is 9.97 Å². The Labute approximate surface area is 108 Å². The third-order valence-electron chi connectivity index (χ3n) is 2.49. The summed E-state index contributed by atoms with van der Waals surface area (Å²) >= 11 is 0. The molecule has 0 amide bonds. The quantitative estimate of drug-likeness (QED) is 0.358. The number of aromatic nitrogens is 2. The van der Waals surface area contributed by atoms with Crippen LogP contribution in [0.2, 0.25) is 0 Å². The van der Waals surface area contributed by atoms with Gasteiger partial charge in [0.15, 0.2) is 17.3 Å². The van der Waals surface area contributed by atoms with E-state index in [9.17, 15) is 0 Å². The Hall–Kier alpha value is -1.85. The Kier molecular flexibility index (Phi) is 4.88. The number of hydrogen-bond acceptors (Lipinski definition) is 5. The average molecular weight is 251 g/mol. The Morgan fingerprint density at radius 2 is 1.94 bits per heavy atom. The van der Waals surface area contributed by atoms with E-state index in [0.29, 0.717) is 17.4 Å². The van der Waals surface area contributed by atoms with Crippen molar-refractivity contribution in [1.82, 2.24) is 9.97 Å². The van der Waals surface area contributed by atoms with Crippen LogP contribution in [0.15, 0.2) is 17.5 Å². The van der Waals surface area contributed by atoms with Crippen molar-refractivity contribution in [2.75, 3.05) is 11.4 Å². The van der Waals surface area contributed by atoms with Crippen molar-refractivity contribution in [3.05, 3.63) is 18.1 Å². The molecule has 0 bridgehead atoms. The highest BCUT2D eigenvalue weighted by Gasteiger charge is 2.19. The zero-order valence-electron chi connectivity index (χ0n) is 11.3. The Morgan fingerprint density at radius 1 is 1.33 bits per heavy atom. The molecule has 1 heterocycles. The monoisotopic (exact) mass is 251 g/mol. The van der Waals surface area contributed by atoms with Gasteiger partial charge in [-0.3, -0.25) is 0 Å². The fourth-order valence-electron chi connectivity index (χ4n) is 1.70. The third kappa shape index (κ3) is 3.32. The fraction of sp³-hybridized carbons (Fsp3) is 0.583. The zero-order chi connectivity index (χ0) is 13.7. The lowest BCUT2D eigenvalue weighted by Gasteiger charge is -2.30. The minimum absolute atomic E-state index is 0.0208. The smallest absolute Gasteiger partial charge is 0.192 e. The minimum atomic E-state index is -0.0208. The molecule has 0 aliphatic heterocycles. The van der Waals surface area contributed by atoms with Crippen LogP contribution in [0, 0.1) is 5.92 Å². The van der Waals surface area contributed by atoms with E-state index in [2.05, 4.69) is 47.7 Å². The summed E-state index contributed by atoms with van der Waals surface area (Å²) in [4.78, 5) is 10.6. The predicted octanol–water partition coefficient (Wildman–Crippen LogP) is 1.44. The first-order valence-electron chi connectivity index (χ1n) is 6.02. The summed E-state index contributed by atoms with van der Waals surface area (Å²) in [6, 6.07) is 0.259. The first-order chi connectivity index (χ1) is 8.47. The van der Waals surface area contributed by atoms with E-state index in [-0.39, 0.29) is 11.9 Å². The highest BCUT2D eigenvalue weighted by molar-refractivity contribution is 5.99. The van der Waals surface area contributed by atoms with Crippen molar-refractivity contribution >= 4 is 11.7 Å². The predicted molar refractivity (Wildman–Crippen MR) is 71.9 cm³/mol. The second kappa shape index (κ2) is 6.18. The maximum absolute atomic E-state index is 8.79. The highest BCUT2D eigenvalue weighted by Crippen LogP contribution is 2.19. The molecule has 0 saturated heterocycles. The SMILES string of the molecule is CC(C)CN(c1nccnc1C(N)=NO)C(C)C. The van der Waals surface area contributed by atoms with E-state index in [4.69, 9.17) is 10.9 Å². The lowest BCUT2D eigenvalue weighted by molar-refractivity contribution is 0.318. The standard InChI is InChI=1S/C12H21N5O/c1-8(2)7-17(9(3)4)12-10(11(13)16-18)14-5-6-15-12/h5-6,8-9,18H,7H2,1-4H3,(H2,13,16). The molecular weight excluding hydrogens is 230 g/mol. The first-order valence-corrected chi connectivity index (χ1v) is 6.02. The average Bonchev–Trinajstić information content (AvgIpc) is 2.34. The van der Waals surface area contributed by atoms with Crippen molar-refractivity contribution < 1.29 is 5.21 Å². The fourth-order valence-corrected chi connectivity index (χ4v) is 1.70. The van der Waals surface area contributed by atoms with E-state index >= 15 is 0 Å². The summed E-state index contributed by atoms with van der Waals surface area (Å²) in [5, 5.41) is 11.8. The van der Waals surface area contributed by atoms with E-state index in [1.807, 2.05) is 0 Å². The van der Waals surface area contributed by atoms with Crippen LogP contribution in [-0.4, -0.2) is 33.6 Å². The molecule has 6 nitrogen and oxygen atoms in total. The van der Waals surface area contributed by atoms with E-state index in [1.54, 1.807) is 6.20 Å². The molecule has 0 unspecified atom stereocenters. The molecule has 0 saturated carbocycles. The maximum atomic E-state index is 8.79. The van der Waals surface area contributed by atoms with Gasteiger partial charge in [0.05, 0.1) is 0 Å². The molecule has 1 rings (SSSR count). The summed E-state index contributed by atoms with van der Waals surface area (Å²) in [6.45, 7) is 9.26. The van der Waals surface area contributed by atoms with Crippen molar-refractivity contribution in [1.29, 1.82) is 0 Å². The van der Waals surface area contributed by atoms with Gasteiger partial charge in [-0.1, -0.05) is 19.0 Å². The number of nitrogens with two attached hydrogens (primary N) is 1. The number of amidine groups is 1. The van der Waals surface area contributed by atoms with E-state index in [1.165, 1.54) is 6.20 Å². The molecule has 0 aromatic carbocycles. The third-order valence-corrected chi connectivity index (χ3v) is 2.49. The summed E-state index contributed by atoms with van der Waals surface area (Å²) in [6.07, 6.45) is 3.14. The van der Waals surface area contributed by atoms with Crippen LogP contribution in [0.1, 0.15) is 33.4 Å². The van der Waals surface area contributed by atoms with Crippen LogP contribution < -0.4 is 10.6 Å². The molecule has 0 spiro atoms. The molecule has 0 aliphatic carbocycles. The van der Waals surface area contributed by atoms with Gasteiger partial charge in [0.25, 0.3) is 0 Å². The number of rotatable bonds is 5. The van der Waals surface area contributed by atoms with Gasteiger partial charge < -0.3 is 15.8 Å². The topological polar surface area (TPSA) is 87.6 Å². The summed E-state index contributed by atoms with van der Waals surface area (Å²) < 4.78 is 0. The van der Waals surface area contributed by atoms with Gasteiger partial charge in [0.2, 0.25) is 0 Å². The molecule has 1 aromatic heterocycles. The summed E-state index contributed by atoms with van der Waals surface area (Å²) in [5.74, 6) is 1.11. The number of anilines is 1. The minimum Gasteiger partial charge on any atom is -0.409 e. The number of hydrogen-bond donors (Lipinski definition) is 2. The zero-order valence-corrected chi connectivity index (χ0v) is 11.3. The van der Waals surface area contributed by atoms with E-state index < -0.39 is 0 Å². The van der Waals surface area contributed by atoms with Gasteiger partial charge in [-0.05, 0) is 19.8 Å². The second-order valence-corrected chi connectivity index (χ2v) is 4.85. The van der Waals surface area contributed by atoms with Crippen LogP contribution in [0.5, 0.6) is 0 Å². The van der Waals surface area contributed by atoms with Crippen LogP contribution in [0.3, 0.4) is 0 Å². The molecule has 3 N–H and O–H groups in total. The molecule has 0 atom stereocenters. The summed E-state index contributed by atoms with van der Waals surface area (Å²) in [5.41, 5.74) is 6.05. The van der Waals surface area contributed by atoms with Gasteiger partial charge in [0, 0.05) is 25.0 Å². The van der Waals surface area contributed by atoms with E-state index in [0.717, 1.165) is 6.54 Å². The molecule has 18 heavy (non-hydrogen) atoms. The molecule has 0 aliphatic rings. The highest BCUT2D eigenvalue weighted by atomic mass is 16.4. The van der Waals surface area contributed by atoms with Gasteiger partial charge in [-0.2, -0.15) is 0 Å². The Bertz CT molecular complexity index is 417. The molecule has 100 valence electrons. The van der Waals surface area contributed by atoms with Gasteiger partial charge in [-0.15, -0.1) is 0 Å². The molecule has 0 radical (unpaired) electrons. The van der Waals surface area contributed by atoms with Crippen LogP contribution in [0.4, 0.5) is 5.82 Å². The molecular formula is C12H21N5O. The maximum Gasteiger partial charge on any atom is 0.192 e. The van der Waals surface area contributed by atoms with Crippen molar-refractivity contribution in [2.45, 2.75) is 33.7 Å². The first kappa shape index (κ1) is 14.2. The molecule has 6 heteroatoms. The lowest BCUT2D eigenvalue weighted by Crippen LogP contribution is -2.37. The van der Waals surface area contributed by atoms with Crippen molar-refractivity contribution in [2.24, 2.45) is 16.8 Å². The normalized spacial score (nSPS) is 12.2. The Morgan fingerprint density at radius 3 is 2.44 bits per heavy atom. The van der Waals surface area contributed by atoms with Gasteiger partial charge >= 0.3 is 0 Å². The number of nitrogens with zero attached hydrogens (tertiary/aromatic N) is 4.